The summed E-state index contributed by atoms with van der Waals surface area (Å²) in [5, 5.41) is 6.85. The van der Waals surface area contributed by atoms with E-state index in [0.717, 1.165) is 0 Å². The van der Waals surface area contributed by atoms with E-state index in [-0.39, 0.29) is 23.9 Å². The maximum atomic E-state index is 12.3. The first-order valence-corrected chi connectivity index (χ1v) is 5.43. The number of hydrogen-bond acceptors (Lipinski definition) is 4. The largest absolute Gasteiger partial charge is 0.461 e. The van der Waals surface area contributed by atoms with Crippen LogP contribution in [0.4, 0.5) is 13.2 Å². The molecule has 1 aromatic heterocycles. The van der Waals surface area contributed by atoms with Crippen molar-refractivity contribution in [3.8, 4) is 0 Å². The Morgan fingerprint density at radius 2 is 2.06 bits per heavy atom. The number of nitrogens with zero attached hydrogens (tertiary/aromatic N) is 3. The molecule has 0 spiro atoms. The van der Waals surface area contributed by atoms with Crippen LogP contribution in [0.3, 0.4) is 0 Å². The third kappa shape index (κ3) is 3.44. The van der Waals surface area contributed by atoms with Crippen molar-refractivity contribution < 1.29 is 22.7 Å². The fourth-order valence-electron chi connectivity index (χ4n) is 1.52. The molecule has 0 atom stereocenters. The predicted molar refractivity (Wildman–Crippen MR) is 56.1 cm³/mol. The third-order valence-electron chi connectivity index (χ3n) is 2.12. The smallest absolute Gasteiger partial charge is 0.408 e. The fraction of sp³-hybridized carbons (Fsp3) is 0.700. The first kappa shape index (κ1) is 14.5. The number of carbonyl (C=O) groups excluding carboxylic acids is 1. The molecule has 0 bridgehead atoms. The van der Waals surface area contributed by atoms with Crippen molar-refractivity contribution in [3.05, 3.63) is 11.4 Å². The zero-order valence-corrected chi connectivity index (χ0v) is 10.3. The zero-order chi connectivity index (χ0) is 13.9. The fourth-order valence-corrected chi connectivity index (χ4v) is 1.52. The summed E-state index contributed by atoms with van der Waals surface area (Å²) in [7, 11) is 0. The molecule has 1 heterocycles. The highest BCUT2D eigenvalue weighted by atomic mass is 19.4. The molecule has 0 N–H and O–H groups in total. The molecule has 18 heavy (non-hydrogen) atoms. The number of ether oxygens (including phenoxy) is 1. The molecule has 1 aromatic rings. The minimum Gasteiger partial charge on any atom is -0.461 e. The number of rotatable bonds is 4. The Kier molecular flexibility index (Phi) is 4.31. The molecule has 8 heteroatoms. The lowest BCUT2D eigenvalue weighted by Gasteiger charge is -2.12. The van der Waals surface area contributed by atoms with E-state index in [1.165, 1.54) is 0 Å². The molecule has 0 aliphatic heterocycles. The van der Waals surface area contributed by atoms with Crippen LogP contribution < -0.4 is 0 Å². The minimum absolute atomic E-state index is 0.127. The van der Waals surface area contributed by atoms with Gasteiger partial charge >= 0.3 is 12.1 Å². The van der Waals surface area contributed by atoms with Crippen molar-refractivity contribution in [1.29, 1.82) is 0 Å². The number of esters is 1. The molecule has 0 amide bonds. The summed E-state index contributed by atoms with van der Waals surface area (Å²) in [5.41, 5.74) is -0.0260. The molecule has 0 aromatic carbocycles. The van der Waals surface area contributed by atoms with E-state index >= 15 is 0 Å². The normalized spacial score (nSPS) is 11.9. The number of hydrogen-bond donors (Lipinski definition) is 0. The second kappa shape index (κ2) is 5.36. The zero-order valence-electron chi connectivity index (χ0n) is 10.3. The van der Waals surface area contributed by atoms with Gasteiger partial charge in [-0.25, -0.2) is 9.48 Å². The third-order valence-corrected chi connectivity index (χ3v) is 2.12. The van der Waals surface area contributed by atoms with Gasteiger partial charge in [0.25, 0.3) is 0 Å². The molecule has 102 valence electrons. The molecule has 5 nitrogen and oxygen atoms in total. The molecular weight excluding hydrogens is 251 g/mol. The summed E-state index contributed by atoms with van der Waals surface area (Å²) in [4.78, 5) is 11.5. The van der Waals surface area contributed by atoms with Crippen LogP contribution in [-0.2, 0) is 11.3 Å². The lowest BCUT2D eigenvalue weighted by molar-refractivity contribution is -0.143. The van der Waals surface area contributed by atoms with Crippen molar-refractivity contribution in [1.82, 2.24) is 15.0 Å². The average molecular weight is 265 g/mol. The Morgan fingerprint density at radius 3 is 2.50 bits per heavy atom. The summed E-state index contributed by atoms with van der Waals surface area (Å²) in [6.45, 7) is 3.78. The molecule has 0 fully saturated rings. The number of aromatic nitrogens is 3. The van der Waals surface area contributed by atoms with Gasteiger partial charge in [-0.05, 0) is 12.8 Å². The van der Waals surface area contributed by atoms with Gasteiger partial charge in [-0.2, -0.15) is 13.2 Å². The molecule has 0 aliphatic rings. The van der Waals surface area contributed by atoms with E-state index in [1.807, 2.05) is 0 Å². The number of carbonyl (C=O) groups is 1. The lowest BCUT2D eigenvalue weighted by atomic mass is 10.1. The lowest BCUT2D eigenvalue weighted by Crippen LogP contribution is -2.21. The van der Waals surface area contributed by atoms with E-state index in [0.29, 0.717) is 4.68 Å². The summed E-state index contributed by atoms with van der Waals surface area (Å²) in [5.74, 6) is -1.07. The molecule has 0 saturated heterocycles. The van der Waals surface area contributed by atoms with Gasteiger partial charge in [-0.3, -0.25) is 0 Å². The summed E-state index contributed by atoms with van der Waals surface area (Å²) >= 11 is 0. The minimum atomic E-state index is -4.41. The van der Waals surface area contributed by atoms with E-state index in [9.17, 15) is 18.0 Å². The van der Waals surface area contributed by atoms with Crippen molar-refractivity contribution in [2.75, 3.05) is 6.61 Å². The standard InChI is InChI=1S/C10H14F3N3O2/c1-4-18-9(17)7-8(6(2)3)16(15-14-7)5-10(11,12)13/h6H,4-5H2,1-3H3. The Labute approximate surface area is 102 Å². The van der Waals surface area contributed by atoms with Crippen LogP contribution in [-0.4, -0.2) is 33.7 Å². The van der Waals surface area contributed by atoms with Gasteiger partial charge in [0.15, 0.2) is 5.69 Å². The van der Waals surface area contributed by atoms with Crippen molar-refractivity contribution in [2.24, 2.45) is 0 Å². The molecule has 0 unspecified atom stereocenters. The summed E-state index contributed by atoms with van der Waals surface area (Å²) in [6, 6.07) is 0. The molecule has 0 radical (unpaired) electrons. The first-order chi connectivity index (χ1) is 8.26. The van der Waals surface area contributed by atoms with Gasteiger partial charge in [0, 0.05) is 0 Å². The van der Waals surface area contributed by atoms with Crippen molar-refractivity contribution >= 4 is 5.97 Å². The van der Waals surface area contributed by atoms with E-state index in [4.69, 9.17) is 4.74 Å². The topological polar surface area (TPSA) is 57.0 Å². The summed E-state index contributed by atoms with van der Waals surface area (Å²) in [6.07, 6.45) is -4.41. The van der Waals surface area contributed by atoms with Gasteiger partial charge < -0.3 is 4.74 Å². The van der Waals surface area contributed by atoms with Crippen LogP contribution in [0.2, 0.25) is 0 Å². The number of alkyl halides is 3. The quantitative estimate of drug-likeness (QED) is 0.783. The van der Waals surface area contributed by atoms with Crippen LogP contribution in [0.15, 0.2) is 0 Å². The van der Waals surface area contributed by atoms with Crippen LogP contribution in [0, 0.1) is 0 Å². The maximum Gasteiger partial charge on any atom is 0.408 e. The highest BCUT2D eigenvalue weighted by Gasteiger charge is 2.32. The predicted octanol–water partition coefficient (Wildman–Crippen LogP) is 2.14. The highest BCUT2D eigenvalue weighted by molar-refractivity contribution is 5.88. The van der Waals surface area contributed by atoms with E-state index < -0.39 is 18.7 Å². The SMILES string of the molecule is CCOC(=O)c1nnn(CC(F)(F)F)c1C(C)C. The maximum absolute atomic E-state index is 12.3. The van der Waals surface area contributed by atoms with Gasteiger partial charge in [-0.15, -0.1) is 5.10 Å². The van der Waals surface area contributed by atoms with Gasteiger partial charge in [0.2, 0.25) is 0 Å². The number of halogens is 3. The van der Waals surface area contributed by atoms with Crippen molar-refractivity contribution in [3.63, 3.8) is 0 Å². The Morgan fingerprint density at radius 1 is 1.44 bits per heavy atom. The first-order valence-electron chi connectivity index (χ1n) is 5.43. The molecular formula is C10H14F3N3O2. The molecule has 1 rings (SSSR count). The van der Waals surface area contributed by atoms with Gasteiger partial charge in [0.1, 0.15) is 6.54 Å². The van der Waals surface area contributed by atoms with Crippen LogP contribution >= 0.6 is 0 Å². The molecule has 0 saturated carbocycles. The monoisotopic (exact) mass is 265 g/mol. The second-order valence-corrected chi connectivity index (χ2v) is 3.97. The Hall–Kier alpha value is -1.60. The van der Waals surface area contributed by atoms with Crippen LogP contribution in [0.1, 0.15) is 42.9 Å². The highest BCUT2D eigenvalue weighted by Crippen LogP contribution is 2.23. The molecule has 0 aliphatic carbocycles. The average Bonchev–Trinajstić information content (AvgIpc) is 2.59. The second-order valence-electron chi connectivity index (χ2n) is 3.97. The Balaban J connectivity index is 3.11. The van der Waals surface area contributed by atoms with Crippen LogP contribution in [0.5, 0.6) is 0 Å². The van der Waals surface area contributed by atoms with Crippen molar-refractivity contribution in [2.45, 2.75) is 39.4 Å². The van der Waals surface area contributed by atoms with Crippen LogP contribution in [0.25, 0.3) is 0 Å². The van der Waals surface area contributed by atoms with Gasteiger partial charge in [-0.1, -0.05) is 19.1 Å². The van der Waals surface area contributed by atoms with E-state index in [1.54, 1.807) is 20.8 Å². The van der Waals surface area contributed by atoms with E-state index in [2.05, 4.69) is 10.3 Å². The Bertz CT molecular complexity index is 426. The summed E-state index contributed by atoms with van der Waals surface area (Å²) < 4.78 is 42.4. The van der Waals surface area contributed by atoms with Gasteiger partial charge in [0.05, 0.1) is 12.3 Å².